The summed E-state index contributed by atoms with van der Waals surface area (Å²) in [5, 5.41) is 16.6. The fourth-order valence-electron chi connectivity index (χ4n) is 8.20. The molecule has 0 aliphatic heterocycles. The molecular weight excluding hydrogens is 587 g/mol. The Labute approximate surface area is 252 Å². The highest BCUT2D eigenvalue weighted by atomic mass is 19.4. The summed E-state index contributed by atoms with van der Waals surface area (Å²) >= 11 is 0. The third kappa shape index (κ3) is 5.32. The molecule has 2 saturated carbocycles. The molecule has 12 heteroatoms. The lowest BCUT2D eigenvalue weighted by molar-refractivity contribution is -0.362. The lowest BCUT2D eigenvalue weighted by atomic mass is 9.50. The summed E-state index contributed by atoms with van der Waals surface area (Å²) in [5.74, 6) is -7.22. The summed E-state index contributed by atoms with van der Waals surface area (Å²) in [5.41, 5.74) is -1.11. The zero-order chi connectivity index (χ0) is 32.1. The fourth-order valence-corrected chi connectivity index (χ4v) is 8.20. The number of ketones is 1. The number of urea groups is 1. The Kier molecular flexibility index (Phi) is 8.45. The molecule has 0 radical (unpaired) electrons. The van der Waals surface area contributed by atoms with Gasteiger partial charge in [0.05, 0.1) is 13.0 Å². The van der Waals surface area contributed by atoms with Crippen molar-refractivity contribution >= 4 is 23.5 Å². The van der Waals surface area contributed by atoms with E-state index in [9.17, 15) is 32.7 Å². The molecule has 4 aliphatic carbocycles. The molecule has 2 amide bonds. The monoisotopic (exact) mass is 624 g/mol. The second-order valence-corrected chi connectivity index (χ2v) is 12.5. The zero-order valence-corrected chi connectivity index (χ0v) is 24.7. The smallest absolute Gasteiger partial charge is 0.456 e. The van der Waals surface area contributed by atoms with Crippen LogP contribution < -0.4 is 10.6 Å². The first-order chi connectivity index (χ1) is 20.6. The van der Waals surface area contributed by atoms with Crippen LogP contribution in [0.4, 0.5) is 32.4 Å². The number of hydrogen-bond acceptors (Lipinski definition) is 5. The summed E-state index contributed by atoms with van der Waals surface area (Å²) in [7, 11) is 0. The number of hydrogen-bond donors (Lipinski definition) is 3. The topological polar surface area (TPSA) is 105 Å². The average Bonchev–Trinajstić information content (AvgIpc) is 3.23. The molecule has 2 fully saturated rings. The maximum atomic E-state index is 15.1. The minimum atomic E-state index is -5.91. The number of alkyl halides is 5. The van der Waals surface area contributed by atoms with Gasteiger partial charge in [0.1, 0.15) is 5.60 Å². The van der Waals surface area contributed by atoms with Gasteiger partial charge in [-0.3, -0.25) is 9.59 Å². The Bertz CT molecular complexity index is 1390. The fraction of sp³-hybridized carbons (Fsp3) is 0.594. The van der Waals surface area contributed by atoms with Gasteiger partial charge in [-0.25, -0.2) is 4.79 Å². The van der Waals surface area contributed by atoms with Crippen LogP contribution in [0.15, 0.2) is 47.1 Å². The van der Waals surface area contributed by atoms with Crippen molar-refractivity contribution in [3.05, 3.63) is 52.6 Å². The minimum Gasteiger partial charge on any atom is -0.466 e. The van der Waals surface area contributed by atoms with Gasteiger partial charge in [-0.2, -0.15) is 22.0 Å². The number of aliphatic hydroxyl groups is 1. The van der Waals surface area contributed by atoms with E-state index in [0.29, 0.717) is 36.9 Å². The van der Waals surface area contributed by atoms with Crippen molar-refractivity contribution in [1.82, 2.24) is 5.32 Å². The third-order valence-corrected chi connectivity index (χ3v) is 10.3. The SMILES string of the molecule is CCOC(=O)CCNC(=O)Nc1ccc([C@H]2C[C@@]3(C)C(CC[C@@]3(O)C(F)(F)C(F)(F)F)C3CCC4=CC(=O)CCC4=C32)cc1. The van der Waals surface area contributed by atoms with Gasteiger partial charge in [0, 0.05) is 30.0 Å². The van der Waals surface area contributed by atoms with Crippen molar-refractivity contribution in [3.8, 4) is 0 Å². The van der Waals surface area contributed by atoms with E-state index >= 15 is 8.78 Å². The molecule has 1 aromatic carbocycles. The Hall–Kier alpha value is -3.28. The highest BCUT2D eigenvalue weighted by Crippen LogP contribution is 2.70. The first-order valence-electron chi connectivity index (χ1n) is 15.1. The molecule has 1 aromatic rings. The van der Waals surface area contributed by atoms with Gasteiger partial charge >= 0.3 is 24.1 Å². The van der Waals surface area contributed by atoms with Crippen molar-refractivity contribution in [2.24, 2.45) is 17.3 Å². The van der Waals surface area contributed by atoms with E-state index in [1.54, 1.807) is 37.3 Å². The number of rotatable bonds is 7. The normalized spacial score (nSPS) is 30.1. The molecule has 240 valence electrons. The van der Waals surface area contributed by atoms with Crippen LogP contribution in [0.3, 0.4) is 0 Å². The van der Waals surface area contributed by atoms with Crippen LogP contribution in [0.1, 0.15) is 76.7 Å². The molecule has 0 heterocycles. The first kappa shape index (κ1) is 32.1. The molecule has 4 aliphatic rings. The molecule has 2 unspecified atom stereocenters. The van der Waals surface area contributed by atoms with Crippen LogP contribution in [0.25, 0.3) is 0 Å². The predicted octanol–water partition coefficient (Wildman–Crippen LogP) is 6.59. The molecule has 5 atom stereocenters. The van der Waals surface area contributed by atoms with Crippen molar-refractivity contribution in [3.63, 3.8) is 0 Å². The lowest BCUT2D eigenvalue weighted by Gasteiger charge is -2.56. The van der Waals surface area contributed by atoms with Gasteiger partial charge in [-0.1, -0.05) is 24.6 Å². The largest absolute Gasteiger partial charge is 0.466 e. The van der Waals surface area contributed by atoms with E-state index in [2.05, 4.69) is 10.6 Å². The molecule has 0 spiro atoms. The van der Waals surface area contributed by atoms with Crippen molar-refractivity contribution in [2.75, 3.05) is 18.5 Å². The summed E-state index contributed by atoms with van der Waals surface area (Å²) in [4.78, 5) is 36.0. The quantitative estimate of drug-likeness (QED) is 0.235. The van der Waals surface area contributed by atoms with Crippen LogP contribution in [0.2, 0.25) is 0 Å². The van der Waals surface area contributed by atoms with Gasteiger partial charge in [-0.15, -0.1) is 0 Å². The zero-order valence-electron chi connectivity index (χ0n) is 24.7. The molecule has 44 heavy (non-hydrogen) atoms. The van der Waals surface area contributed by atoms with Crippen molar-refractivity contribution < 1.29 is 46.2 Å². The van der Waals surface area contributed by atoms with E-state index < -0.39 is 53.4 Å². The number of esters is 1. The van der Waals surface area contributed by atoms with E-state index in [4.69, 9.17) is 4.74 Å². The van der Waals surface area contributed by atoms with Gasteiger partial charge in [0.2, 0.25) is 0 Å². The summed E-state index contributed by atoms with van der Waals surface area (Å²) in [6.45, 7) is 3.35. The number of fused-ring (bicyclic) bond motifs is 4. The van der Waals surface area contributed by atoms with Crippen LogP contribution in [-0.2, 0) is 14.3 Å². The van der Waals surface area contributed by atoms with Crippen molar-refractivity contribution in [2.45, 2.75) is 88.8 Å². The molecule has 5 rings (SSSR count). The van der Waals surface area contributed by atoms with Gasteiger partial charge in [0.25, 0.3) is 0 Å². The Morgan fingerprint density at radius 3 is 2.43 bits per heavy atom. The average molecular weight is 625 g/mol. The molecule has 3 N–H and O–H groups in total. The van der Waals surface area contributed by atoms with E-state index in [-0.39, 0.29) is 44.1 Å². The lowest BCUT2D eigenvalue weighted by Crippen LogP contribution is -2.65. The first-order valence-corrected chi connectivity index (χ1v) is 15.1. The minimum absolute atomic E-state index is 0.00200. The van der Waals surface area contributed by atoms with Gasteiger partial charge < -0.3 is 20.5 Å². The number of carbonyl (C=O) groups excluding carboxylic acids is 3. The molecule has 7 nitrogen and oxygen atoms in total. The number of halogens is 5. The van der Waals surface area contributed by atoms with Crippen LogP contribution in [0, 0.1) is 17.3 Å². The molecule has 0 saturated heterocycles. The van der Waals surface area contributed by atoms with Crippen LogP contribution in [-0.4, -0.2) is 53.7 Å². The third-order valence-electron chi connectivity index (χ3n) is 10.3. The van der Waals surface area contributed by atoms with E-state index in [1.807, 2.05) is 0 Å². The Morgan fingerprint density at radius 1 is 1.07 bits per heavy atom. The number of carbonyl (C=O) groups is 3. The summed E-state index contributed by atoms with van der Waals surface area (Å²) < 4.78 is 76.4. The second kappa shape index (κ2) is 11.6. The predicted molar refractivity (Wildman–Crippen MR) is 151 cm³/mol. The maximum Gasteiger partial charge on any atom is 0.456 e. The Balaban J connectivity index is 1.47. The van der Waals surface area contributed by atoms with E-state index in [0.717, 1.165) is 16.7 Å². The number of anilines is 1. The summed E-state index contributed by atoms with van der Waals surface area (Å²) in [6, 6.07) is 6.08. The molecular formula is C32H37F5N2O5. The van der Waals surface area contributed by atoms with Gasteiger partial charge in [0.15, 0.2) is 5.78 Å². The number of nitrogens with one attached hydrogen (secondary N) is 2. The molecule has 0 bridgehead atoms. The standard InChI is InChI=1S/C32H37F5N2O5/c1-3-44-26(41)13-15-38-28(42)39-20-7-4-18(5-8-20)24-17-29(2)25(12-14-30(29,43)31(33,34)32(35,36)37)23-10-6-19-16-21(40)9-11-22(19)27(23)24/h4-5,7-8,16,23-25,43H,3,6,9-15,17H2,1-2H3,(H2,38,39,42)/t23?,24-,25?,29+,30+/m1/s1. The van der Waals surface area contributed by atoms with Crippen LogP contribution >= 0.6 is 0 Å². The number of ether oxygens (including phenoxy) is 1. The van der Waals surface area contributed by atoms with Crippen molar-refractivity contribution in [1.29, 1.82) is 0 Å². The Morgan fingerprint density at radius 2 is 1.77 bits per heavy atom. The number of amides is 2. The summed E-state index contributed by atoms with van der Waals surface area (Å²) in [6.07, 6.45) is -3.24. The second-order valence-electron chi connectivity index (χ2n) is 12.5. The highest BCUT2D eigenvalue weighted by Gasteiger charge is 2.79. The molecule has 0 aromatic heterocycles. The number of benzene rings is 1. The maximum absolute atomic E-state index is 15.1. The number of allylic oxidation sites excluding steroid dienone is 4. The van der Waals surface area contributed by atoms with E-state index in [1.165, 1.54) is 6.92 Å². The highest BCUT2D eigenvalue weighted by molar-refractivity contribution is 5.93. The van der Waals surface area contributed by atoms with Gasteiger partial charge in [-0.05, 0) is 92.2 Å². The van der Waals surface area contributed by atoms with Crippen LogP contribution in [0.5, 0.6) is 0 Å².